The van der Waals surface area contributed by atoms with Crippen molar-refractivity contribution in [2.24, 2.45) is 0 Å². The number of carbonyl (C=O) groups is 3. The Kier molecular flexibility index (Phi) is 5.08. The van der Waals surface area contributed by atoms with Gasteiger partial charge in [-0.3, -0.25) is 14.5 Å². The number of nitrogens with zero attached hydrogens (tertiary/aromatic N) is 1. The van der Waals surface area contributed by atoms with Crippen LogP contribution in [0.3, 0.4) is 0 Å². The van der Waals surface area contributed by atoms with E-state index in [0.29, 0.717) is 12.1 Å². The summed E-state index contributed by atoms with van der Waals surface area (Å²) in [7, 11) is 0. The third kappa shape index (κ3) is 3.40. The average Bonchev–Trinajstić information content (AvgIpc) is 3.24. The zero-order valence-electron chi connectivity index (χ0n) is 16.3. The molecule has 2 atom stereocenters. The molecule has 1 saturated heterocycles. The summed E-state index contributed by atoms with van der Waals surface area (Å²) in [4.78, 5) is 39.3. The molecule has 1 N–H and O–H groups in total. The molecule has 2 heterocycles. The molecule has 0 unspecified atom stereocenters. The van der Waals surface area contributed by atoms with Crippen LogP contribution in [-0.4, -0.2) is 28.8 Å². The molecule has 7 heteroatoms. The monoisotopic (exact) mass is 410 g/mol. The standard InChI is InChI=1S/C22H22N2O4S/c1-3-15-8-10-16(11-9-15)23-20(26)14(2)28-21(27)22-13-12-19(25)24(22)17-6-4-5-7-18(17)29-22/h4-11,14H,3,12-13H2,1-2H3,(H,23,26)/t14-,22-/m1/s1. The molecule has 1 fully saturated rings. The molecular weight excluding hydrogens is 388 g/mol. The van der Waals surface area contributed by atoms with Crippen LogP contribution in [0.1, 0.15) is 32.3 Å². The van der Waals surface area contributed by atoms with E-state index in [9.17, 15) is 14.4 Å². The van der Waals surface area contributed by atoms with Crippen molar-refractivity contribution in [1.82, 2.24) is 0 Å². The van der Waals surface area contributed by atoms with E-state index in [1.807, 2.05) is 48.5 Å². The van der Waals surface area contributed by atoms with Crippen molar-refractivity contribution in [3.63, 3.8) is 0 Å². The Morgan fingerprint density at radius 3 is 2.66 bits per heavy atom. The summed E-state index contributed by atoms with van der Waals surface area (Å²) in [5.41, 5.74) is 2.55. The van der Waals surface area contributed by atoms with Crippen LogP contribution in [0.25, 0.3) is 0 Å². The van der Waals surface area contributed by atoms with Gasteiger partial charge >= 0.3 is 5.97 Å². The number of amides is 2. The number of thioether (sulfide) groups is 1. The zero-order valence-corrected chi connectivity index (χ0v) is 17.1. The second kappa shape index (κ2) is 7.55. The van der Waals surface area contributed by atoms with Crippen LogP contribution in [0.4, 0.5) is 11.4 Å². The Labute approximate surface area is 173 Å². The van der Waals surface area contributed by atoms with Crippen LogP contribution in [0, 0.1) is 0 Å². The first kappa shape index (κ1) is 19.5. The van der Waals surface area contributed by atoms with Gasteiger partial charge in [0.25, 0.3) is 5.91 Å². The topological polar surface area (TPSA) is 75.7 Å². The van der Waals surface area contributed by atoms with Crippen molar-refractivity contribution in [2.45, 2.75) is 49.0 Å². The van der Waals surface area contributed by atoms with Gasteiger partial charge in [-0.05, 0) is 43.2 Å². The summed E-state index contributed by atoms with van der Waals surface area (Å²) in [6.45, 7) is 3.60. The van der Waals surface area contributed by atoms with Crippen LogP contribution in [0.2, 0.25) is 0 Å². The molecule has 0 spiro atoms. The molecule has 2 amide bonds. The van der Waals surface area contributed by atoms with Gasteiger partial charge in [-0.1, -0.05) is 43.0 Å². The highest BCUT2D eigenvalue weighted by molar-refractivity contribution is 8.02. The molecule has 0 aliphatic carbocycles. The summed E-state index contributed by atoms with van der Waals surface area (Å²) >= 11 is 1.33. The summed E-state index contributed by atoms with van der Waals surface area (Å²) in [5, 5.41) is 2.77. The highest BCUT2D eigenvalue weighted by Crippen LogP contribution is 2.56. The van der Waals surface area contributed by atoms with Crippen LogP contribution in [0.5, 0.6) is 0 Å². The molecule has 0 bridgehead atoms. The van der Waals surface area contributed by atoms with Crippen molar-refractivity contribution in [3.8, 4) is 0 Å². The number of esters is 1. The highest BCUT2D eigenvalue weighted by atomic mass is 32.2. The Hall–Kier alpha value is -2.80. The van der Waals surface area contributed by atoms with Gasteiger partial charge in [0.05, 0.1) is 5.69 Å². The summed E-state index contributed by atoms with van der Waals surface area (Å²) in [6, 6.07) is 15.0. The maximum Gasteiger partial charge on any atom is 0.344 e. The van der Waals surface area contributed by atoms with E-state index in [1.165, 1.54) is 29.1 Å². The Morgan fingerprint density at radius 2 is 1.93 bits per heavy atom. The molecule has 2 aliphatic heterocycles. The van der Waals surface area contributed by atoms with E-state index in [0.717, 1.165) is 17.0 Å². The number of benzene rings is 2. The predicted octanol–water partition coefficient (Wildman–Crippen LogP) is 3.75. The fraction of sp³-hybridized carbons (Fsp3) is 0.318. The number of ether oxygens (including phenoxy) is 1. The molecule has 0 aromatic heterocycles. The van der Waals surface area contributed by atoms with Gasteiger partial charge in [-0.25, -0.2) is 4.79 Å². The second-order valence-electron chi connectivity index (χ2n) is 7.17. The number of nitrogens with one attached hydrogen (secondary N) is 1. The van der Waals surface area contributed by atoms with E-state index >= 15 is 0 Å². The molecular formula is C22H22N2O4S. The molecule has 0 radical (unpaired) electrons. The largest absolute Gasteiger partial charge is 0.450 e. The van der Waals surface area contributed by atoms with Gasteiger partial charge in [0.15, 0.2) is 11.0 Å². The van der Waals surface area contributed by atoms with E-state index in [4.69, 9.17) is 4.74 Å². The number of rotatable bonds is 5. The number of para-hydroxylation sites is 1. The smallest absolute Gasteiger partial charge is 0.344 e. The van der Waals surface area contributed by atoms with Gasteiger partial charge in [0, 0.05) is 23.4 Å². The molecule has 6 nitrogen and oxygen atoms in total. The summed E-state index contributed by atoms with van der Waals surface area (Å²) in [6.07, 6.45) is 0.571. The Morgan fingerprint density at radius 1 is 1.21 bits per heavy atom. The van der Waals surface area contributed by atoms with E-state index in [2.05, 4.69) is 12.2 Å². The van der Waals surface area contributed by atoms with Crippen LogP contribution < -0.4 is 10.2 Å². The lowest BCUT2D eigenvalue weighted by Gasteiger charge is -2.29. The van der Waals surface area contributed by atoms with Gasteiger partial charge in [-0.15, -0.1) is 0 Å². The van der Waals surface area contributed by atoms with Gasteiger partial charge in [-0.2, -0.15) is 0 Å². The second-order valence-corrected chi connectivity index (χ2v) is 8.49. The Bertz CT molecular complexity index is 975. The first-order valence-corrected chi connectivity index (χ1v) is 10.5. The third-order valence-electron chi connectivity index (χ3n) is 5.28. The fourth-order valence-corrected chi connectivity index (χ4v) is 5.05. The highest BCUT2D eigenvalue weighted by Gasteiger charge is 2.58. The number of fused-ring (bicyclic) bond motifs is 3. The van der Waals surface area contributed by atoms with Crippen molar-refractivity contribution in [3.05, 3.63) is 54.1 Å². The minimum absolute atomic E-state index is 0.104. The number of anilines is 2. The molecule has 2 aromatic rings. The predicted molar refractivity (Wildman–Crippen MR) is 112 cm³/mol. The minimum Gasteiger partial charge on any atom is -0.450 e. The molecule has 4 rings (SSSR count). The van der Waals surface area contributed by atoms with E-state index < -0.39 is 22.9 Å². The quantitative estimate of drug-likeness (QED) is 0.760. The normalized spacial score (nSPS) is 20.8. The first-order valence-electron chi connectivity index (χ1n) is 9.66. The average molecular weight is 410 g/mol. The van der Waals surface area contributed by atoms with Crippen LogP contribution in [0.15, 0.2) is 53.4 Å². The third-order valence-corrected chi connectivity index (χ3v) is 6.73. The van der Waals surface area contributed by atoms with E-state index in [-0.39, 0.29) is 12.3 Å². The SMILES string of the molecule is CCc1ccc(NC(=O)[C@@H](C)OC(=O)[C@]23CCC(=O)N2c2ccccc2S3)cc1. The number of hydrogen-bond acceptors (Lipinski definition) is 5. The van der Waals surface area contributed by atoms with E-state index in [1.54, 1.807) is 0 Å². The lowest BCUT2D eigenvalue weighted by Crippen LogP contribution is -2.49. The first-order chi connectivity index (χ1) is 13.9. The lowest BCUT2D eigenvalue weighted by molar-refractivity contribution is -0.155. The number of hydrogen-bond donors (Lipinski definition) is 1. The molecule has 2 aromatic carbocycles. The molecule has 2 aliphatic rings. The maximum atomic E-state index is 13.1. The maximum absolute atomic E-state index is 13.1. The molecule has 29 heavy (non-hydrogen) atoms. The Balaban J connectivity index is 1.47. The van der Waals surface area contributed by atoms with Gasteiger partial charge < -0.3 is 10.1 Å². The van der Waals surface area contributed by atoms with Crippen LogP contribution in [-0.2, 0) is 25.5 Å². The summed E-state index contributed by atoms with van der Waals surface area (Å²) in [5.74, 6) is -1.07. The summed E-state index contributed by atoms with van der Waals surface area (Å²) < 4.78 is 5.53. The minimum atomic E-state index is -1.13. The number of aryl methyl sites for hydroxylation is 1. The van der Waals surface area contributed by atoms with Gasteiger partial charge in [0.1, 0.15) is 0 Å². The van der Waals surface area contributed by atoms with Crippen molar-refractivity contribution in [2.75, 3.05) is 10.2 Å². The van der Waals surface area contributed by atoms with Crippen molar-refractivity contribution in [1.29, 1.82) is 0 Å². The zero-order chi connectivity index (χ0) is 20.6. The number of carbonyl (C=O) groups excluding carboxylic acids is 3. The van der Waals surface area contributed by atoms with Crippen molar-refractivity contribution < 1.29 is 19.1 Å². The van der Waals surface area contributed by atoms with Crippen molar-refractivity contribution >= 4 is 40.9 Å². The van der Waals surface area contributed by atoms with Crippen LogP contribution >= 0.6 is 11.8 Å². The molecule has 150 valence electrons. The lowest BCUT2D eigenvalue weighted by atomic mass is 10.1. The molecule has 0 saturated carbocycles. The fourth-order valence-electron chi connectivity index (χ4n) is 3.65. The van der Waals surface area contributed by atoms with Gasteiger partial charge in [0.2, 0.25) is 5.91 Å².